The Balaban J connectivity index is 1.73. The largest absolute Gasteiger partial charge is 0.443 e. The molecular weight excluding hydrogens is 426 g/mol. The Morgan fingerprint density at radius 3 is 2.21 bits per heavy atom. The fourth-order valence-corrected chi connectivity index (χ4v) is 4.13. The first-order valence-electron chi connectivity index (χ1n) is 11.7. The van der Waals surface area contributed by atoms with E-state index in [1.165, 1.54) is 0 Å². The van der Waals surface area contributed by atoms with Crippen molar-refractivity contribution in [2.45, 2.75) is 63.8 Å². The van der Waals surface area contributed by atoms with Crippen molar-refractivity contribution in [3.63, 3.8) is 0 Å². The van der Waals surface area contributed by atoms with Crippen LogP contribution < -0.4 is 11.1 Å². The maximum atomic E-state index is 11.5. The van der Waals surface area contributed by atoms with Crippen LogP contribution in [0.15, 0.2) is 79.0 Å². The van der Waals surface area contributed by atoms with Crippen molar-refractivity contribution in [1.29, 1.82) is 0 Å². The Hall–Kier alpha value is -3.22. The first kappa shape index (κ1) is 25.4. The number of ether oxygens (including phenoxy) is 1. The van der Waals surface area contributed by atoms with Gasteiger partial charge in [0, 0.05) is 29.8 Å². The summed E-state index contributed by atoms with van der Waals surface area (Å²) in [4.78, 5) is 15.9. The number of nitrogens with one attached hydrogen (secondary N) is 1. The number of benzene rings is 2. The van der Waals surface area contributed by atoms with Crippen LogP contribution in [0.4, 0.5) is 4.79 Å². The second kappa shape index (κ2) is 11.8. The zero-order valence-corrected chi connectivity index (χ0v) is 20.1. The van der Waals surface area contributed by atoms with Gasteiger partial charge in [0.15, 0.2) is 0 Å². The van der Waals surface area contributed by atoms with E-state index in [-0.39, 0.29) is 11.6 Å². The number of rotatable bonds is 10. The quantitative estimate of drug-likeness (QED) is 0.413. The molecule has 3 aromatic rings. The number of hydrogen-bond acceptors (Lipinski definition) is 5. The SMILES string of the molecule is CC(C)(C)N[C@@H](Cc1ccc(-c2ccccn2)cc1)C[C@H](O)[C@H](Cc1ccccc1)OC(N)=O. The molecule has 1 aromatic heterocycles. The molecule has 0 aliphatic heterocycles. The van der Waals surface area contributed by atoms with E-state index in [1.54, 1.807) is 6.20 Å². The molecule has 3 rings (SSSR count). The molecule has 0 saturated carbocycles. The van der Waals surface area contributed by atoms with Gasteiger partial charge in [-0.3, -0.25) is 4.98 Å². The second-order valence-corrected chi connectivity index (χ2v) is 9.68. The molecule has 180 valence electrons. The van der Waals surface area contributed by atoms with Gasteiger partial charge in [-0.2, -0.15) is 0 Å². The lowest BCUT2D eigenvalue weighted by atomic mass is 9.93. The predicted molar refractivity (Wildman–Crippen MR) is 135 cm³/mol. The standard InChI is InChI=1S/C28H35N3O3/c1-28(2,3)31-23(17-21-12-14-22(15-13-21)24-11-7-8-16-30-24)19-25(32)26(34-27(29)33)18-20-9-5-4-6-10-20/h4-16,23,25-26,31-32H,17-19H2,1-3H3,(H2,29,33)/t23-,25-,26-/m0/s1. The Kier molecular flexibility index (Phi) is 8.79. The zero-order valence-electron chi connectivity index (χ0n) is 20.1. The van der Waals surface area contributed by atoms with Crippen LogP contribution >= 0.6 is 0 Å². The molecule has 3 atom stereocenters. The molecule has 0 saturated heterocycles. The van der Waals surface area contributed by atoms with Crippen molar-refractivity contribution in [2.24, 2.45) is 5.73 Å². The highest BCUT2D eigenvalue weighted by atomic mass is 16.6. The van der Waals surface area contributed by atoms with E-state index in [0.717, 1.165) is 22.4 Å². The molecule has 0 aliphatic rings. The van der Waals surface area contributed by atoms with Crippen LogP contribution in [-0.2, 0) is 17.6 Å². The predicted octanol–water partition coefficient (Wildman–Crippen LogP) is 4.51. The third-order valence-corrected chi connectivity index (χ3v) is 5.54. The van der Waals surface area contributed by atoms with Crippen LogP contribution in [0.1, 0.15) is 38.3 Å². The molecule has 0 unspecified atom stereocenters. The van der Waals surface area contributed by atoms with Gasteiger partial charge in [-0.25, -0.2) is 4.79 Å². The number of nitrogens with two attached hydrogens (primary N) is 1. The van der Waals surface area contributed by atoms with E-state index in [0.29, 0.717) is 19.3 Å². The molecule has 34 heavy (non-hydrogen) atoms. The van der Waals surface area contributed by atoms with Crippen LogP contribution in [0.5, 0.6) is 0 Å². The van der Waals surface area contributed by atoms with E-state index in [2.05, 4.69) is 55.3 Å². The normalized spacial score (nSPS) is 14.2. The average Bonchev–Trinajstić information content (AvgIpc) is 2.79. The highest BCUT2D eigenvalue weighted by Gasteiger charge is 2.28. The summed E-state index contributed by atoms with van der Waals surface area (Å²) in [6, 6.07) is 23.8. The topological polar surface area (TPSA) is 97.5 Å². The van der Waals surface area contributed by atoms with Crippen molar-refractivity contribution < 1.29 is 14.6 Å². The number of carbonyl (C=O) groups is 1. The fraction of sp³-hybridized carbons (Fsp3) is 0.357. The van der Waals surface area contributed by atoms with Gasteiger partial charge in [0.2, 0.25) is 0 Å². The van der Waals surface area contributed by atoms with E-state index < -0.39 is 18.3 Å². The summed E-state index contributed by atoms with van der Waals surface area (Å²) in [5.41, 5.74) is 9.26. The number of carbonyl (C=O) groups excluding carboxylic acids is 1. The molecule has 0 radical (unpaired) electrons. The van der Waals surface area contributed by atoms with Crippen LogP contribution in [-0.4, -0.2) is 40.0 Å². The van der Waals surface area contributed by atoms with E-state index >= 15 is 0 Å². The van der Waals surface area contributed by atoms with Gasteiger partial charge in [-0.05, 0) is 56.9 Å². The lowest BCUT2D eigenvalue weighted by molar-refractivity contribution is -0.00340. The molecule has 4 N–H and O–H groups in total. The number of primary amides is 1. The summed E-state index contributed by atoms with van der Waals surface area (Å²) in [6.45, 7) is 6.29. The Morgan fingerprint density at radius 2 is 1.62 bits per heavy atom. The monoisotopic (exact) mass is 461 g/mol. The van der Waals surface area contributed by atoms with Crippen molar-refractivity contribution in [3.05, 3.63) is 90.1 Å². The van der Waals surface area contributed by atoms with Crippen molar-refractivity contribution >= 4 is 6.09 Å². The van der Waals surface area contributed by atoms with Crippen LogP contribution in [0.25, 0.3) is 11.3 Å². The molecule has 1 heterocycles. The summed E-state index contributed by atoms with van der Waals surface area (Å²) in [5, 5.41) is 14.7. The summed E-state index contributed by atoms with van der Waals surface area (Å²) in [6.07, 6.45) is 0.816. The number of nitrogens with zero attached hydrogens (tertiary/aromatic N) is 1. The Labute approximate surface area is 202 Å². The van der Waals surface area contributed by atoms with Crippen LogP contribution in [0.2, 0.25) is 0 Å². The third kappa shape index (κ3) is 8.28. The van der Waals surface area contributed by atoms with Gasteiger partial charge < -0.3 is 20.9 Å². The average molecular weight is 462 g/mol. The third-order valence-electron chi connectivity index (χ3n) is 5.54. The zero-order chi connectivity index (χ0) is 24.6. The van der Waals surface area contributed by atoms with Crippen molar-refractivity contribution in [2.75, 3.05) is 0 Å². The van der Waals surface area contributed by atoms with Crippen molar-refractivity contribution in [3.8, 4) is 11.3 Å². The lowest BCUT2D eigenvalue weighted by Crippen LogP contribution is -2.48. The van der Waals surface area contributed by atoms with Gasteiger partial charge in [0.05, 0.1) is 11.8 Å². The second-order valence-electron chi connectivity index (χ2n) is 9.68. The maximum absolute atomic E-state index is 11.5. The molecule has 0 fully saturated rings. The van der Waals surface area contributed by atoms with E-state index in [1.807, 2.05) is 48.5 Å². The van der Waals surface area contributed by atoms with Crippen LogP contribution in [0, 0.1) is 0 Å². The van der Waals surface area contributed by atoms with E-state index in [4.69, 9.17) is 10.5 Å². The minimum absolute atomic E-state index is 0.0366. The number of aromatic nitrogens is 1. The Morgan fingerprint density at radius 1 is 0.971 bits per heavy atom. The first-order valence-corrected chi connectivity index (χ1v) is 11.7. The molecular formula is C28H35N3O3. The summed E-state index contributed by atoms with van der Waals surface area (Å²) >= 11 is 0. The minimum atomic E-state index is -0.884. The summed E-state index contributed by atoms with van der Waals surface area (Å²) in [5.74, 6) is 0. The summed E-state index contributed by atoms with van der Waals surface area (Å²) < 4.78 is 5.32. The molecule has 0 spiro atoms. The lowest BCUT2D eigenvalue weighted by Gasteiger charge is -2.32. The fourth-order valence-electron chi connectivity index (χ4n) is 4.13. The van der Waals surface area contributed by atoms with Gasteiger partial charge in [0.1, 0.15) is 6.10 Å². The van der Waals surface area contributed by atoms with Crippen molar-refractivity contribution in [1.82, 2.24) is 10.3 Å². The minimum Gasteiger partial charge on any atom is -0.443 e. The molecule has 1 amide bonds. The molecule has 6 heteroatoms. The highest BCUT2D eigenvalue weighted by molar-refractivity contribution is 5.65. The maximum Gasteiger partial charge on any atom is 0.404 e. The highest BCUT2D eigenvalue weighted by Crippen LogP contribution is 2.21. The Bertz CT molecular complexity index is 1020. The van der Waals surface area contributed by atoms with Gasteiger partial charge >= 0.3 is 6.09 Å². The number of pyridine rings is 1. The number of hydrogen-bond donors (Lipinski definition) is 3. The molecule has 2 aromatic carbocycles. The van der Waals surface area contributed by atoms with Gasteiger partial charge in [-0.15, -0.1) is 0 Å². The summed E-state index contributed by atoms with van der Waals surface area (Å²) in [7, 11) is 0. The molecule has 0 aliphatic carbocycles. The molecule has 6 nitrogen and oxygen atoms in total. The number of aliphatic hydroxyl groups is 1. The number of amides is 1. The van der Waals surface area contributed by atoms with Gasteiger partial charge in [0.25, 0.3) is 0 Å². The van der Waals surface area contributed by atoms with Crippen LogP contribution in [0.3, 0.4) is 0 Å². The first-order chi connectivity index (χ1) is 16.2. The molecule has 0 bridgehead atoms. The van der Waals surface area contributed by atoms with E-state index in [9.17, 15) is 9.90 Å². The number of aliphatic hydroxyl groups excluding tert-OH is 1. The smallest absolute Gasteiger partial charge is 0.404 e. The van der Waals surface area contributed by atoms with Gasteiger partial charge in [-0.1, -0.05) is 60.7 Å².